The quantitative estimate of drug-likeness (QED) is 0.664. The topological polar surface area (TPSA) is 80.8 Å². The number of hydrogen-bond donors (Lipinski definition) is 1. The SMILES string of the molecule is CC.CCOc1c(C(=O)OCc2ccccc2)ccnc1NC1CCN(C(C)=O)CC1. The Hall–Kier alpha value is -3.09. The number of hydrogen-bond acceptors (Lipinski definition) is 6. The van der Waals surface area contributed by atoms with Gasteiger partial charge in [0.1, 0.15) is 12.2 Å². The summed E-state index contributed by atoms with van der Waals surface area (Å²) in [4.78, 5) is 30.4. The van der Waals surface area contributed by atoms with E-state index < -0.39 is 5.97 Å². The van der Waals surface area contributed by atoms with Gasteiger partial charge in [-0.25, -0.2) is 9.78 Å². The van der Waals surface area contributed by atoms with E-state index in [9.17, 15) is 9.59 Å². The van der Waals surface area contributed by atoms with Crippen molar-refractivity contribution in [3.63, 3.8) is 0 Å². The number of anilines is 1. The number of carbonyl (C=O) groups excluding carboxylic acids is 2. The molecule has 168 valence electrons. The van der Waals surface area contributed by atoms with E-state index >= 15 is 0 Å². The molecule has 1 N–H and O–H groups in total. The molecule has 1 aromatic carbocycles. The molecule has 0 atom stereocenters. The summed E-state index contributed by atoms with van der Waals surface area (Å²) in [5, 5.41) is 3.38. The number of aromatic nitrogens is 1. The standard InChI is InChI=1S/C22H27N3O4.C2H6/c1-3-28-20-19(22(27)29-15-17-7-5-4-6-8-17)9-12-23-21(20)24-18-10-13-25(14-11-18)16(2)26;1-2/h4-9,12,18H,3,10-11,13-15H2,1-2H3,(H,23,24);1-2H3. The predicted molar refractivity (Wildman–Crippen MR) is 121 cm³/mol. The third-order valence-corrected chi connectivity index (χ3v) is 4.91. The normalized spacial score (nSPS) is 13.6. The van der Waals surface area contributed by atoms with Gasteiger partial charge in [-0.3, -0.25) is 4.79 Å². The molecular weight excluding hydrogens is 394 g/mol. The Balaban J connectivity index is 0.00000166. The minimum atomic E-state index is -0.450. The maximum Gasteiger partial charge on any atom is 0.342 e. The third-order valence-electron chi connectivity index (χ3n) is 4.91. The predicted octanol–water partition coefficient (Wildman–Crippen LogP) is 4.29. The number of amides is 1. The van der Waals surface area contributed by atoms with Gasteiger partial charge in [0, 0.05) is 32.3 Å². The first kappa shape index (κ1) is 24.2. The summed E-state index contributed by atoms with van der Waals surface area (Å²) in [5.41, 5.74) is 1.27. The van der Waals surface area contributed by atoms with E-state index in [1.165, 1.54) is 0 Å². The number of likely N-dealkylation sites (tertiary alicyclic amines) is 1. The molecule has 0 bridgehead atoms. The number of carbonyl (C=O) groups is 2. The molecule has 0 spiro atoms. The highest BCUT2D eigenvalue weighted by Crippen LogP contribution is 2.29. The lowest BCUT2D eigenvalue weighted by atomic mass is 10.0. The van der Waals surface area contributed by atoms with Crippen molar-refractivity contribution in [2.45, 2.75) is 53.2 Å². The number of nitrogens with zero attached hydrogens (tertiary/aromatic N) is 2. The Morgan fingerprint density at radius 2 is 1.81 bits per heavy atom. The summed E-state index contributed by atoms with van der Waals surface area (Å²) in [6, 6.07) is 11.3. The summed E-state index contributed by atoms with van der Waals surface area (Å²) in [6.45, 7) is 9.46. The molecule has 2 heterocycles. The highest BCUT2D eigenvalue weighted by Gasteiger charge is 2.24. The van der Waals surface area contributed by atoms with Crippen LogP contribution in [0.1, 0.15) is 56.5 Å². The van der Waals surface area contributed by atoms with Gasteiger partial charge in [-0.2, -0.15) is 0 Å². The molecule has 0 radical (unpaired) electrons. The molecule has 7 nitrogen and oxygen atoms in total. The van der Waals surface area contributed by atoms with Crippen molar-refractivity contribution < 1.29 is 19.1 Å². The van der Waals surface area contributed by atoms with E-state index in [4.69, 9.17) is 9.47 Å². The number of pyridine rings is 1. The van der Waals surface area contributed by atoms with Crippen LogP contribution in [0.3, 0.4) is 0 Å². The third kappa shape index (κ3) is 6.98. The van der Waals surface area contributed by atoms with Crippen molar-refractivity contribution in [3.05, 3.63) is 53.7 Å². The Morgan fingerprint density at radius 3 is 2.42 bits per heavy atom. The van der Waals surface area contributed by atoms with Gasteiger partial charge >= 0.3 is 5.97 Å². The summed E-state index contributed by atoms with van der Waals surface area (Å²) < 4.78 is 11.2. The molecular formula is C24H33N3O4. The van der Waals surface area contributed by atoms with Crippen LogP contribution < -0.4 is 10.1 Å². The van der Waals surface area contributed by atoms with Crippen LogP contribution in [0.25, 0.3) is 0 Å². The highest BCUT2D eigenvalue weighted by atomic mass is 16.5. The van der Waals surface area contributed by atoms with Crippen LogP contribution in [0.2, 0.25) is 0 Å². The van der Waals surface area contributed by atoms with Crippen molar-refractivity contribution in [3.8, 4) is 5.75 Å². The molecule has 1 aliphatic rings. The van der Waals surface area contributed by atoms with Crippen LogP contribution in [0.15, 0.2) is 42.6 Å². The zero-order valence-corrected chi connectivity index (χ0v) is 18.9. The summed E-state index contributed by atoms with van der Waals surface area (Å²) >= 11 is 0. The largest absolute Gasteiger partial charge is 0.489 e. The lowest BCUT2D eigenvalue weighted by molar-refractivity contribution is -0.129. The van der Waals surface area contributed by atoms with E-state index in [0.29, 0.717) is 36.8 Å². The zero-order valence-electron chi connectivity index (χ0n) is 18.9. The smallest absolute Gasteiger partial charge is 0.342 e. The van der Waals surface area contributed by atoms with Gasteiger partial charge in [0.05, 0.1) is 6.61 Å². The van der Waals surface area contributed by atoms with Crippen molar-refractivity contribution >= 4 is 17.7 Å². The van der Waals surface area contributed by atoms with E-state index in [2.05, 4.69) is 10.3 Å². The molecule has 0 saturated carbocycles. The Bertz CT molecular complexity index is 834. The van der Waals surface area contributed by atoms with Crippen LogP contribution >= 0.6 is 0 Å². The van der Waals surface area contributed by atoms with Gasteiger partial charge in [0.25, 0.3) is 0 Å². The van der Waals surface area contributed by atoms with Gasteiger partial charge in [0.15, 0.2) is 11.6 Å². The number of esters is 1. The van der Waals surface area contributed by atoms with E-state index in [-0.39, 0.29) is 18.6 Å². The molecule has 0 aliphatic carbocycles. The Labute approximate surface area is 184 Å². The highest BCUT2D eigenvalue weighted by molar-refractivity contribution is 5.94. The zero-order chi connectivity index (χ0) is 22.6. The van der Waals surface area contributed by atoms with Crippen LogP contribution in [0.4, 0.5) is 5.82 Å². The van der Waals surface area contributed by atoms with Crippen LogP contribution in [0, 0.1) is 0 Å². The number of ether oxygens (including phenoxy) is 2. The van der Waals surface area contributed by atoms with Crippen LogP contribution in [-0.4, -0.2) is 47.5 Å². The average molecular weight is 428 g/mol. The van der Waals surface area contributed by atoms with Crippen LogP contribution in [-0.2, 0) is 16.1 Å². The molecule has 3 rings (SSSR count). The van der Waals surface area contributed by atoms with E-state index in [1.54, 1.807) is 19.2 Å². The second kappa shape index (κ2) is 12.6. The molecule has 7 heteroatoms. The molecule has 0 unspecified atom stereocenters. The lowest BCUT2D eigenvalue weighted by Gasteiger charge is -2.32. The van der Waals surface area contributed by atoms with Crippen molar-refractivity contribution in [1.29, 1.82) is 0 Å². The van der Waals surface area contributed by atoms with E-state index in [0.717, 1.165) is 18.4 Å². The first-order chi connectivity index (χ1) is 15.1. The summed E-state index contributed by atoms with van der Waals surface area (Å²) in [7, 11) is 0. The molecule has 1 aromatic heterocycles. The minimum absolute atomic E-state index is 0.0970. The van der Waals surface area contributed by atoms with Gasteiger partial charge in [-0.15, -0.1) is 0 Å². The van der Waals surface area contributed by atoms with Gasteiger partial charge in [-0.05, 0) is 31.4 Å². The summed E-state index contributed by atoms with van der Waals surface area (Å²) in [5.74, 6) is 0.582. The minimum Gasteiger partial charge on any atom is -0.489 e. The summed E-state index contributed by atoms with van der Waals surface area (Å²) in [6.07, 6.45) is 3.21. The Morgan fingerprint density at radius 1 is 1.13 bits per heavy atom. The first-order valence-electron chi connectivity index (χ1n) is 10.9. The molecule has 1 fully saturated rings. The molecule has 2 aromatic rings. The fourth-order valence-corrected chi connectivity index (χ4v) is 3.34. The van der Waals surface area contributed by atoms with Gasteiger partial charge < -0.3 is 19.7 Å². The maximum absolute atomic E-state index is 12.7. The van der Waals surface area contributed by atoms with Crippen molar-refractivity contribution in [2.75, 3.05) is 25.0 Å². The molecule has 31 heavy (non-hydrogen) atoms. The second-order valence-corrected chi connectivity index (χ2v) is 6.96. The molecule has 1 saturated heterocycles. The molecule has 1 aliphatic heterocycles. The van der Waals surface area contributed by atoms with Crippen LogP contribution in [0.5, 0.6) is 5.75 Å². The number of rotatable bonds is 7. The number of benzene rings is 1. The fraction of sp³-hybridized carbons (Fsp3) is 0.458. The van der Waals surface area contributed by atoms with Crippen molar-refractivity contribution in [2.24, 2.45) is 0 Å². The van der Waals surface area contributed by atoms with Gasteiger partial charge in [-0.1, -0.05) is 44.2 Å². The number of nitrogens with one attached hydrogen (secondary N) is 1. The maximum atomic E-state index is 12.7. The first-order valence-corrected chi connectivity index (χ1v) is 10.9. The van der Waals surface area contributed by atoms with Gasteiger partial charge in [0.2, 0.25) is 5.91 Å². The Kier molecular flexibility index (Phi) is 9.81. The lowest BCUT2D eigenvalue weighted by Crippen LogP contribution is -2.41. The monoisotopic (exact) mass is 427 g/mol. The van der Waals surface area contributed by atoms with Crippen molar-refractivity contribution in [1.82, 2.24) is 9.88 Å². The number of piperidine rings is 1. The average Bonchev–Trinajstić information content (AvgIpc) is 2.81. The molecule has 1 amide bonds. The fourth-order valence-electron chi connectivity index (χ4n) is 3.34. The van der Waals surface area contributed by atoms with E-state index in [1.807, 2.05) is 56.0 Å². The second-order valence-electron chi connectivity index (χ2n) is 6.96.